The van der Waals surface area contributed by atoms with Gasteiger partial charge in [0.15, 0.2) is 6.10 Å². The fourth-order valence-electron chi connectivity index (χ4n) is 13.4. The lowest BCUT2D eigenvalue weighted by Crippen LogP contribution is -2.40. The van der Waals surface area contributed by atoms with E-state index in [2.05, 4.69) is 13.8 Å². The Morgan fingerprint density at radius 1 is 0.280 bits per heavy atom. The van der Waals surface area contributed by atoms with Gasteiger partial charge in [-0.15, -0.1) is 0 Å². The molecular formula is C84H166NO8+. The molecule has 0 spiro atoms. The van der Waals surface area contributed by atoms with Crippen molar-refractivity contribution in [2.24, 2.45) is 0 Å². The molecule has 0 heterocycles. The van der Waals surface area contributed by atoms with Crippen molar-refractivity contribution in [3.05, 3.63) is 0 Å². The molecule has 0 aliphatic rings. The number of nitrogens with zero attached hydrogens (tertiary/aromatic N) is 1. The zero-order chi connectivity index (χ0) is 67.5. The summed E-state index contributed by atoms with van der Waals surface area (Å²) in [4.78, 5) is 37.7. The molecule has 0 fully saturated rings. The first-order valence-corrected chi connectivity index (χ1v) is 42.2. The number of carbonyl (C=O) groups excluding carboxylic acids is 2. The second kappa shape index (κ2) is 76.1. The van der Waals surface area contributed by atoms with E-state index in [9.17, 15) is 19.5 Å². The highest BCUT2D eigenvalue weighted by molar-refractivity contribution is 5.71. The van der Waals surface area contributed by atoms with Gasteiger partial charge in [-0.25, -0.2) is 4.79 Å². The second-order valence-corrected chi connectivity index (χ2v) is 30.5. The molecule has 0 aromatic rings. The summed E-state index contributed by atoms with van der Waals surface area (Å²) < 4.78 is 23.1. The largest absolute Gasteiger partial charge is 0.477 e. The van der Waals surface area contributed by atoms with Gasteiger partial charge in [0.05, 0.1) is 34.4 Å². The Hall–Kier alpha value is -1.71. The van der Waals surface area contributed by atoms with Crippen LogP contribution < -0.4 is 0 Å². The Balaban J connectivity index is 3.88. The van der Waals surface area contributed by atoms with E-state index in [0.717, 1.165) is 38.5 Å². The number of carboxylic acids is 1. The molecule has 0 rings (SSSR count). The number of carbonyl (C=O) groups is 3. The number of hydrogen-bond acceptors (Lipinski definition) is 7. The van der Waals surface area contributed by atoms with Crippen LogP contribution in [0.15, 0.2) is 0 Å². The maximum Gasteiger partial charge on any atom is 0.361 e. The zero-order valence-electron chi connectivity index (χ0n) is 63.7. The van der Waals surface area contributed by atoms with Crippen LogP contribution in [0.2, 0.25) is 0 Å². The smallest absolute Gasteiger partial charge is 0.361 e. The molecule has 0 bridgehead atoms. The lowest BCUT2D eigenvalue weighted by atomic mass is 10.0. The third kappa shape index (κ3) is 77.5. The lowest BCUT2D eigenvalue weighted by Gasteiger charge is -2.25. The summed E-state index contributed by atoms with van der Waals surface area (Å²) in [5.41, 5.74) is 0. The van der Waals surface area contributed by atoms with Crippen LogP contribution in [0.25, 0.3) is 0 Å². The van der Waals surface area contributed by atoms with Gasteiger partial charge in [0.25, 0.3) is 6.29 Å². The molecule has 0 saturated heterocycles. The second-order valence-electron chi connectivity index (χ2n) is 30.5. The number of hydrogen-bond donors (Lipinski definition) is 1. The molecule has 1 N–H and O–H groups in total. The highest BCUT2D eigenvalue weighted by atomic mass is 16.7. The first-order valence-electron chi connectivity index (χ1n) is 42.2. The van der Waals surface area contributed by atoms with Gasteiger partial charge in [0, 0.05) is 12.8 Å². The van der Waals surface area contributed by atoms with Crippen molar-refractivity contribution < 1.29 is 42.9 Å². The summed E-state index contributed by atoms with van der Waals surface area (Å²) in [5.74, 6) is -1.96. The van der Waals surface area contributed by atoms with E-state index in [1.807, 2.05) is 21.1 Å². The maximum atomic E-state index is 13.0. The third-order valence-electron chi connectivity index (χ3n) is 19.9. The summed E-state index contributed by atoms with van der Waals surface area (Å²) in [7, 11) is 6.01. The van der Waals surface area contributed by atoms with Crippen molar-refractivity contribution in [2.75, 3.05) is 47.5 Å². The Morgan fingerprint density at radius 3 is 0.688 bits per heavy atom. The van der Waals surface area contributed by atoms with E-state index in [0.29, 0.717) is 17.4 Å². The topological polar surface area (TPSA) is 108 Å². The monoisotopic (exact) mass is 1320 g/mol. The first kappa shape index (κ1) is 91.3. The highest BCUT2D eigenvalue weighted by Gasteiger charge is 2.25. The van der Waals surface area contributed by atoms with Crippen LogP contribution in [-0.4, -0.2) is 87.4 Å². The van der Waals surface area contributed by atoms with Gasteiger partial charge in [-0.3, -0.25) is 9.59 Å². The van der Waals surface area contributed by atoms with Crippen molar-refractivity contribution in [1.82, 2.24) is 0 Å². The molecule has 0 amide bonds. The van der Waals surface area contributed by atoms with Gasteiger partial charge in [-0.1, -0.05) is 438 Å². The summed E-state index contributed by atoms with van der Waals surface area (Å²) in [5, 5.41) is 9.78. The number of rotatable bonds is 81. The average molecular weight is 1320 g/mol. The van der Waals surface area contributed by atoms with Gasteiger partial charge < -0.3 is 28.5 Å². The van der Waals surface area contributed by atoms with Gasteiger partial charge in [0.2, 0.25) is 0 Å². The number of quaternary nitrogens is 1. The lowest BCUT2D eigenvalue weighted by molar-refractivity contribution is -0.870. The van der Waals surface area contributed by atoms with Crippen molar-refractivity contribution in [3.8, 4) is 0 Å². The molecule has 9 heteroatoms. The minimum absolute atomic E-state index is 0.172. The minimum Gasteiger partial charge on any atom is -0.477 e. The summed E-state index contributed by atoms with van der Waals surface area (Å²) in [6.07, 6.45) is 91.5. The van der Waals surface area contributed by atoms with Crippen LogP contribution >= 0.6 is 0 Å². The van der Waals surface area contributed by atoms with Crippen LogP contribution in [0.5, 0.6) is 0 Å². The number of esters is 2. The molecule has 0 aliphatic carbocycles. The molecule has 554 valence electrons. The van der Waals surface area contributed by atoms with Crippen molar-refractivity contribution in [2.45, 2.75) is 476 Å². The van der Waals surface area contributed by atoms with Gasteiger partial charge in [0.1, 0.15) is 13.2 Å². The molecule has 0 aliphatic heterocycles. The summed E-state index contributed by atoms with van der Waals surface area (Å²) >= 11 is 0. The van der Waals surface area contributed by atoms with Crippen molar-refractivity contribution in [1.29, 1.82) is 0 Å². The van der Waals surface area contributed by atoms with E-state index < -0.39 is 18.4 Å². The SMILES string of the molecule is CCCCCCCCCCCCCCCCCCCCCCCCCCCCCCCCCCCCCCCCCCCC(=O)OC(COC(=O)CCCCCCCCCCCCCCCCCCCCCCCCCCCCC)COC(OCC[N+](C)(C)C)C(=O)O. The van der Waals surface area contributed by atoms with Gasteiger partial charge in [-0.05, 0) is 12.8 Å². The normalized spacial score (nSPS) is 12.5. The van der Waals surface area contributed by atoms with Crippen LogP contribution in [-0.2, 0) is 33.3 Å². The Kier molecular flexibility index (Phi) is 74.7. The summed E-state index contributed by atoms with van der Waals surface area (Å²) in [6, 6.07) is 0. The molecule has 0 saturated carbocycles. The van der Waals surface area contributed by atoms with Crippen LogP contribution in [0, 0.1) is 0 Å². The van der Waals surface area contributed by atoms with Gasteiger partial charge >= 0.3 is 17.9 Å². The van der Waals surface area contributed by atoms with Crippen molar-refractivity contribution in [3.63, 3.8) is 0 Å². The Labute approximate surface area is 581 Å². The average Bonchev–Trinajstić information content (AvgIpc) is 3.38. The third-order valence-corrected chi connectivity index (χ3v) is 19.9. The minimum atomic E-state index is -1.51. The molecule has 9 nitrogen and oxygen atoms in total. The Bertz CT molecular complexity index is 1480. The molecule has 2 atom stereocenters. The maximum absolute atomic E-state index is 13.0. The van der Waals surface area contributed by atoms with Crippen LogP contribution in [0.3, 0.4) is 0 Å². The number of ether oxygens (including phenoxy) is 4. The number of aliphatic carboxylic acids is 1. The molecule has 0 radical (unpaired) electrons. The van der Waals surface area contributed by atoms with E-state index in [1.165, 1.54) is 398 Å². The summed E-state index contributed by atoms with van der Waals surface area (Å²) in [6.45, 7) is 4.99. The van der Waals surface area contributed by atoms with E-state index in [1.54, 1.807) is 0 Å². The number of unbranched alkanes of at least 4 members (excludes halogenated alkanes) is 66. The molecule has 93 heavy (non-hydrogen) atoms. The van der Waals surface area contributed by atoms with Crippen LogP contribution in [0.1, 0.15) is 463 Å². The molecule has 2 unspecified atom stereocenters. The standard InChI is InChI=1S/C84H165NO8/c1-6-8-10-12-14-16-18-20-22-24-26-28-30-32-34-35-36-37-38-39-40-41-42-43-44-45-46-47-49-51-53-55-57-59-61-63-65-67-69-71-73-75-82(87)93-80(79-92-84(83(88)89)90-77-76-85(3,4)5)78-91-81(86)74-72-70-68-66-64-62-60-58-56-54-52-50-48-33-31-29-27-25-23-21-19-17-15-13-11-9-7-2/h80,84H,6-79H2,1-5H3/p+1. The van der Waals surface area contributed by atoms with Gasteiger partial charge in [-0.2, -0.15) is 0 Å². The predicted molar refractivity (Wildman–Crippen MR) is 402 cm³/mol. The van der Waals surface area contributed by atoms with E-state index >= 15 is 0 Å². The number of carboxylic acid groups (broad SMARTS) is 1. The fourth-order valence-corrected chi connectivity index (χ4v) is 13.4. The Morgan fingerprint density at radius 2 is 0.484 bits per heavy atom. The van der Waals surface area contributed by atoms with Crippen LogP contribution in [0.4, 0.5) is 0 Å². The molecule has 0 aromatic heterocycles. The molecule has 0 aromatic carbocycles. The predicted octanol–water partition coefficient (Wildman–Crippen LogP) is 26.9. The highest BCUT2D eigenvalue weighted by Crippen LogP contribution is 2.21. The van der Waals surface area contributed by atoms with E-state index in [-0.39, 0.29) is 38.2 Å². The van der Waals surface area contributed by atoms with Crippen molar-refractivity contribution >= 4 is 17.9 Å². The number of likely N-dealkylation sites (N-methyl/N-ethyl adjacent to an activating group) is 1. The van der Waals surface area contributed by atoms with E-state index in [4.69, 9.17) is 18.9 Å². The fraction of sp³-hybridized carbons (Fsp3) is 0.964. The quantitative estimate of drug-likeness (QED) is 0.0278. The zero-order valence-corrected chi connectivity index (χ0v) is 63.7. The first-order chi connectivity index (χ1) is 45.6. The molecular weight excluding hydrogens is 1150 g/mol.